The number of benzene rings is 2. The fourth-order valence-electron chi connectivity index (χ4n) is 2.35. The van der Waals surface area contributed by atoms with Crippen LogP contribution in [0.2, 0.25) is 0 Å². The molecule has 0 saturated heterocycles. The monoisotopic (exact) mass is 325 g/mol. The zero-order valence-electron chi connectivity index (χ0n) is 13.6. The maximum Gasteiger partial charge on any atom is 0.261 e. The second kappa shape index (κ2) is 7.08. The van der Waals surface area contributed by atoms with Gasteiger partial charge in [0.15, 0.2) is 6.10 Å². The van der Waals surface area contributed by atoms with Gasteiger partial charge in [0.2, 0.25) is 0 Å². The second-order valence-corrected chi connectivity index (χ2v) is 5.40. The summed E-state index contributed by atoms with van der Waals surface area (Å²) >= 11 is 0. The topological polar surface area (TPSA) is 60.7 Å². The number of rotatable bonds is 6. The standard InChI is InChI=1S/C19H19NO4/c1-13(23-16-9-7-15(22-2)8-10-16)19(21)20-12-17-11-14-5-3-4-6-18(14)24-17/h3-11,13H,12H2,1-2H3,(H,20,21). The summed E-state index contributed by atoms with van der Waals surface area (Å²) in [5, 5.41) is 3.84. The minimum atomic E-state index is -0.609. The number of nitrogens with one attached hydrogen (secondary N) is 1. The van der Waals surface area contributed by atoms with Gasteiger partial charge in [-0.3, -0.25) is 4.79 Å². The lowest BCUT2D eigenvalue weighted by molar-refractivity contribution is -0.127. The third-order valence-corrected chi connectivity index (χ3v) is 3.65. The van der Waals surface area contributed by atoms with Crippen LogP contribution in [0.1, 0.15) is 12.7 Å². The van der Waals surface area contributed by atoms with Crippen LogP contribution in [0.15, 0.2) is 59.0 Å². The molecule has 1 N–H and O–H groups in total. The van der Waals surface area contributed by atoms with Crippen molar-refractivity contribution < 1.29 is 18.7 Å². The first-order valence-electron chi connectivity index (χ1n) is 7.71. The average molecular weight is 325 g/mol. The predicted molar refractivity (Wildman–Crippen MR) is 91.1 cm³/mol. The van der Waals surface area contributed by atoms with E-state index in [0.717, 1.165) is 16.7 Å². The zero-order valence-corrected chi connectivity index (χ0v) is 13.6. The lowest BCUT2D eigenvalue weighted by atomic mass is 10.2. The first-order valence-corrected chi connectivity index (χ1v) is 7.71. The molecule has 5 heteroatoms. The Kier molecular flexibility index (Phi) is 4.70. The van der Waals surface area contributed by atoms with Crippen LogP contribution in [-0.4, -0.2) is 19.1 Å². The molecule has 2 aromatic carbocycles. The molecular weight excluding hydrogens is 306 g/mol. The molecule has 1 heterocycles. The molecular formula is C19H19NO4. The summed E-state index contributed by atoms with van der Waals surface area (Å²) in [5.41, 5.74) is 0.810. The summed E-state index contributed by atoms with van der Waals surface area (Å²) in [4.78, 5) is 12.2. The smallest absolute Gasteiger partial charge is 0.261 e. The summed E-state index contributed by atoms with van der Waals surface area (Å²) in [5.74, 6) is 1.86. The highest BCUT2D eigenvalue weighted by Gasteiger charge is 2.15. The molecule has 0 radical (unpaired) electrons. The molecule has 1 aromatic heterocycles. The van der Waals surface area contributed by atoms with E-state index < -0.39 is 6.10 Å². The zero-order chi connectivity index (χ0) is 16.9. The van der Waals surface area contributed by atoms with Crippen molar-refractivity contribution >= 4 is 16.9 Å². The molecule has 24 heavy (non-hydrogen) atoms. The van der Waals surface area contributed by atoms with Gasteiger partial charge in [-0.15, -0.1) is 0 Å². The summed E-state index contributed by atoms with van der Waals surface area (Å²) in [6.45, 7) is 2.03. The molecule has 0 saturated carbocycles. The highest BCUT2D eigenvalue weighted by atomic mass is 16.5. The van der Waals surface area contributed by atoms with Crippen LogP contribution in [-0.2, 0) is 11.3 Å². The fraction of sp³-hybridized carbons (Fsp3) is 0.211. The first-order chi connectivity index (χ1) is 11.7. The molecule has 5 nitrogen and oxygen atoms in total. The van der Waals surface area contributed by atoms with Crippen LogP contribution in [0.4, 0.5) is 0 Å². The summed E-state index contributed by atoms with van der Waals surface area (Å²) in [6.07, 6.45) is -0.609. The Labute approximate surface area is 140 Å². The van der Waals surface area contributed by atoms with Gasteiger partial charge in [0.25, 0.3) is 5.91 Å². The molecule has 3 rings (SSSR count). The average Bonchev–Trinajstić information content (AvgIpc) is 3.03. The normalized spacial score (nSPS) is 11.9. The number of carbonyl (C=O) groups is 1. The number of fused-ring (bicyclic) bond motifs is 1. The van der Waals surface area contributed by atoms with E-state index in [1.165, 1.54) is 0 Å². The summed E-state index contributed by atoms with van der Waals surface area (Å²) < 4.78 is 16.4. The van der Waals surface area contributed by atoms with E-state index in [4.69, 9.17) is 13.9 Å². The Bertz CT molecular complexity index is 790. The highest BCUT2D eigenvalue weighted by molar-refractivity contribution is 5.81. The number of amides is 1. The maximum atomic E-state index is 12.2. The number of hydrogen-bond donors (Lipinski definition) is 1. The third-order valence-electron chi connectivity index (χ3n) is 3.65. The fourth-order valence-corrected chi connectivity index (χ4v) is 2.35. The largest absolute Gasteiger partial charge is 0.497 e. The van der Waals surface area contributed by atoms with Gasteiger partial charge in [-0.1, -0.05) is 18.2 Å². The molecule has 0 fully saturated rings. The minimum absolute atomic E-state index is 0.203. The molecule has 0 aliphatic heterocycles. The van der Waals surface area contributed by atoms with E-state index in [-0.39, 0.29) is 5.91 Å². The van der Waals surface area contributed by atoms with E-state index in [9.17, 15) is 4.79 Å². The molecule has 1 atom stereocenters. The van der Waals surface area contributed by atoms with Crippen molar-refractivity contribution in [2.45, 2.75) is 19.6 Å². The Morgan fingerprint density at radius 2 is 1.83 bits per heavy atom. The molecule has 1 amide bonds. The van der Waals surface area contributed by atoms with Crippen LogP contribution >= 0.6 is 0 Å². The van der Waals surface area contributed by atoms with E-state index in [2.05, 4.69) is 5.32 Å². The Balaban J connectivity index is 1.55. The van der Waals surface area contributed by atoms with Gasteiger partial charge < -0.3 is 19.2 Å². The molecule has 1 unspecified atom stereocenters. The lowest BCUT2D eigenvalue weighted by Crippen LogP contribution is -2.35. The number of para-hydroxylation sites is 1. The Morgan fingerprint density at radius 3 is 2.54 bits per heavy atom. The minimum Gasteiger partial charge on any atom is -0.497 e. The van der Waals surface area contributed by atoms with Crippen LogP contribution in [0.5, 0.6) is 11.5 Å². The van der Waals surface area contributed by atoms with Crippen molar-refractivity contribution in [3.8, 4) is 11.5 Å². The van der Waals surface area contributed by atoms with Gasteiger partial charge in [-0.2, -0.15) is 0 Å². The van der Waals surface area contributed by atoms with Gasteiger partial charge in [0.1, 0.15) is 22.8 Å². The Hall–Kier alpha value is -2.95. The van der Waals surface area contributed by atoms with Crippen molar-refractivity contribution in [1.82, 2.24) is 5.32 Å². The second-order valence-electron chi connectivity index (χ2n) is 5.40. The van der Waals surface area contributed by atoms with Gasteiger partial charge in [0, 0.05) is 5.39 Å². The quantitative estimate of drug-likeness (QED) is 0.753. The summed E-state index contributed by atoms with van der Waals surface area (Å²) in [7, 11) is 1.60. The molecule has 0 spiro atoms. The van der Waals surface area contributed by atoms with Gasteiger partial charge in [0.05, 0.1) is 13.7 Å². The predicted octanol–water partition coefficient (Wildman–Crippen LogP) is 3.53. The molecule has 0 aliphatic rings. The van der Waals surface area contributed by atoms with Crippen molar-refractivity contribution in [2.75, 3.05) is 7.11 Å². The van der Waals surface area contributed by atoms with Crippen molar-refractivity contribution in [3.63, 3.8) is 0 Å². The molecule has 0 aliphatic carbocycles. The SMILES string of the molecule is COc1ccc(OC(C)C(=O)NCc2cc3ccccc3o2)cc1. The number of hydrogen-bond acceptors (Lipinski definition) is 4. The lowest BCUT2D eigenvalue weighted by Gasteiger charge is -2.14. The number of furan rings is 1. The Morgan fingerprint density at radius 1 is 1.12 bits per heavy atom. The number of carbonyl (C=O) groups excluding carboxylic acids is 1. The molecule has 0 bridgehead atoms. The molecule has 3 aromatic rings. The number of ether oxygens (including phenoxy) is 2. The van der Waals surface area contributed by atoms with E-state index in [1.54, 1.807) is 38.3 Å². The van der Waals surface area contributed by atoms with Crippen LogP contribution in [0, 0.1) is 0 Å². The van der Waals surface area contributed by atoms with Gasteiger partial charge in [-0.25, -0.2) is 0 Å². The van der Waals surface area contributed by atoms with Gasteiger partial charge in [-0.05, 0) is 43.3 Å². The van der Waals surface area contributed by atoms with E-state index >= 15 is 0 Å². The van der Waals surface area contributed by atoms with Gasteiger partial charge >= 0.3 is 0 Å². The first kappa shape index (κ1) is 15.9. The number of methoxy groups -OCH3 is 1. The van der Waals surface area contributed by atoms with E-state index in [1.807, 2.05) is 30.3 Å². The maximum absolute atomic E-state index is 12.2. The van der Waals surface area contributed by atoms with Crippen molar-refractivity contribution in [3.05, 3.63) is 60.4 Å². The third kappa shape index (κ3) is 3.68. The molecule has 124 valence electrons. The highest BCUT2D eigenvalue weighted by Crippen LogP contribution is 2.19. The van der Waals surface area contributed by atoms with Crippen molar-refractivity contribution in [1.29, 1.82) is 0 Å². The van der Waals surface area contributed by atoms with Crippen molar-refractivity contribution in [2.24, 2.45) is 0 Å². The van der Waals surface area contributed by atoms with E-state index in [0.29, 0.717) is 18.1 Å². The van der Waals surface area contributed by atoms with Crippen LogP contribution < -0.4 is 14.8 Å². The summed E-state index contributed by atoms with van der Waals surface area (Å²) in [6, 6.07) is 16.8. The van der Waals surface area contributed by atoms with Crippen LogP contribution in [0.3, 0.4) is 0 Å². The van der Waals surface area contributed by atoms with Crippen LogP contribution in [0.25, 0.3) is 11.0 Å².